The van der Waals surface area contributed by atoms with E-state index < -0.39 is 11.2 Å². The van der Waals surface area contributed by atoms with Crippen LogP contribution in [0.5, 0.6) is 0 Å². The largest absolute Gasteiger partial charge is 0.445 e. The van der Waals surface area contributed by atoms with Crippen LogP contribution in [-0.4, -0.2) is 21.6 Å². The van der Waals surface area contributed by atoms with Crippen LogP contribution in [0.25, 0.3) is 0 Å². The van der Waals surface area contributed by atoms with Gasteiger partial charge in [0.1, 0.15) is 0 Å². The van der Waals surface area contributed by atoms with Crippen LogP contribution in [0.15, 0.2) is 0 Å². The van der Waals surface area contributed by atoms with Gasteiger partial charge in [-0.15, -0.1) is 21.8 Å². The third-order valence-corrected chi connectivity index (χ3v) is 3.54. The van der Waals surface area contributed by atoms with Crippen LogP contribution in [0.1, 0.15) is 17.8 Å². The summed E-state index contributed by atoms with van der Waals surface area (Å²) in [5.41, 5.74) is -0.260. The molecule has 1 aromatic heterocycles. The van der Waals surface area contributed by atoms with E-state index in [-0.39, 0.29) is 10.7 Å². The Bertz CT molecular complexity index is 361. The van der Waals surface area contributed by atoms with Crippen molar-refractivity contribution in [1.82, 2.24) is 10.2 Å². The number of aromatic nitrogens is 2. The molecule has 84 valence electrons. The van der Waals surface area contributed by atoms with E-state index in [9.17, 15) is 13.2 Å². The second-order valence-corrected chi connectivity index (χ2v) is 4.69. The van der Waals surface area contributed by atoms with Crippen LogP contribution in [-0.2, 0) is 6.18 Å². The Hall–Kier alpha value is -0.560. The Morgan fingerprint density at radius 3 is 2.47 bits per heavy atom. The Kier molecular flexibility index (Phi) is 2.54. The van der Waals surface area contributed by atoms with Crippen LogP contribution in [0, 0.1) is 0 Å². The Balaban J connectivity index is 2.08. The average molecular weight is 258 g/mol. The van der Waals surface area contributed by atoms with Gasteiger partial charge < -0.3 is 5.32 Å². The first-order valence-corrected chi connectivity index (χ1v) is 5.55. The highest BCUT2D eigenvalue weighted by Gasteiger charge is 2.43. The highest BCUT2D eigenvalue weighted by Crippen LogP contribution is 2.41. The topological polar surface area (TPSA) is 37.8 Å². The van der Waals surface area contributed by atoms with E-state index >= 15 is 0 Å². The SMILES string of the molecule is FC(F)(F)c1nnc(NC2(CCl)CC2)s1. The molecule has 8 heteroatoms. The number of hydrogen-bond donors (Lipinski definition) is 1. The molecule has 2 rings (SSSR count). The van der Waals surface area contributed by atoms with Crippen molar-refractivity contribution >= 4 is 28.1 Å². The molecule has 0 spiro atoms. The van der Waals surface area contributed by atoms with E-state index in [0.29, 0.717) is 17.2 Å². The Morgan fingerprint density at radius 2 is 2.07 bits per heavy atom. The number of nitrogens with zero attached hydrogens (tertiary/aromatic N) is 2. The minimum atomic E-state index is -4.42. The molecule has 0 unspecified atom stereocenters. The van der Waals surface area contributed by atoms with Crippen molar-refractivity contribution < 1.29 is 13.2 Å². The molecule has 1 saturated carbocycles. The van der Waals surface area contributed by atoms with E-state index in [4.69, 9.17) is 11.6 Å². The molecule has 1 N–H and O–H groups in total. The fourth-order valence-electron chi connectivity index (χ4n) is 1.06. The summed E-state index contributed by atoms with van der Waals surface area (Å²) in [4.78, 5) is 0. The monoisotopic (exact) mass is 257 g/mol. The molecule has 0 saturated heterocycles. The third kappa shape index (κ3) is 2.34. The minimum Gasteiger partial charge on any atom is -0.353 e. The quantitative estimate of drug-likeness (QED) is 0.846. The van der Waals surface area contributed by atoms with Crippen LogP contribution >= 0.6 is 22.9 Å². The lowest BCUT2D eigenvalue weighted by atomic mass is 10.3. The molecular formula is C7H7ClF3N3S. The maximum atomic E-state index is 12.2. The molecule has 1 aliphatic rings. The lowest BCUT2D eigenvalue weighted by molar-refractivity contribution is -0.138. The summed E-state index contributed by atoms with van der Waals surface area (Å²) >= 11 is 6.18. The number of halogens is 4. The molecule has 0 radical (unpaired) electrons. The van der Waals surface area contributed by atoms with Gasteiger partial charge in [-0.25, -0.2) is 0 Å². The van der Waals surface area contributed by atoms with Crippen molar-refractivity contribution in [2.24, 2.45) is 0 Å². The van der Waals surface area contributed by atoms with Gasteiger partial charge >= 0.3 is 6.18 Å². The summed E-state index contributed by atoms with van der Waals surface area (Å²) in [6.45, 7) is 0. The average Bonchev–Trinajstić information content (AvgIpc) is 2.73. The molecule has 15 heavy (non-hydrogen) atoms. The van der Waals surface area contributed by atoms with Gasteiger partial charge in [-0.3, -0.25) is 0 Å². The fraction of sp³-hybridized carbons (Fsp3) is 0.714. The molecule has 1 fully saturated rings. The summed E-state index contributed by atoms with van der Waals surface area (Å²) in [6, 6.07) is 0. The summed E-state index contributed by atoms with van der Waals surface area (Å²) in [7, 11) is 0. The van der Waals surface area contributed by atoms with Gasteiger partial charge in [0.2, 0.25) is 10.1 Å². The minimum absolute atomic E-state index is 0.181. The van der Waals surface area contributed by atoms with Crippen molar-refractivity contribution in [2.45, 2.75) is 24.6 Å². The molecule has 1 aliphatic carbocycles. The maximum Gasteiger partial charge on any atom is 0.445 e. The molecule has 0 aromatic carbocycles. The standard InChI is InChI=1S/C7H7ClF3N3S/c8-3-6(1-2-6)12-5-14-13-4(15-5)7(9,10)11/h1-3H2,(H,12,14). The normalized spacial score (nSPS) is 18.9. The zero-order valence-electron chi connectivity index (χ0n) is 7.44. The maximum absolute atomic E-state index is 12.2. The molecule has 1 heterocycles. The van der Waals surface area contributed by atoms with Gasteiger partial charge in [-0.05, 0) is 12.8 Å². The van der Waals surface area contributed by atoms with Gasteiger partial charge in [0, 0.05) is 5.88 Å². The first-order chi connectivity index (χ1) is 6.95. The van der Waals surface area contributed by atoms with Crippen molar-refractivity contribution in [2.75, 3.05) is 11.2 Å². The van der Waals surface area contributed by atoms with Crippen molar-refractivity contribution in [1.29, 1.82) is 0 Å². The van der Waals surface area contributed by atoms with Crippen LogP contribution in [0.3, 0.4) is 0 Å². The van der Waals surface area contributed by atoms with E-state index in [1.54, 1.807) is 0 Å². The first kappa shape index (κ1) is 10.9. The summed E-state index contributed by atoms with van der Waals surface area (Å²) < 4.78 is 36.6. The van der Waals surface area contributed by atoms with E-state index in [2.05, 4.69) is 15.5 Å². The van der Waals surface area contributed by atoms with Crippen LogP contribution < -0.4 is 5.32 Å². The van der Waals surface area contributed by atoms with Gasteiger partial charge in [-0.2, -0.15) is 13.2 Å². The molecule has 0 amide bonds. The Labute approximate surface area is 92.6 Å². The van der Waals surface area contributed by atoms with Crippen molar-refractivity contribution in [3.8, 4) is 0 Å². The smallest absolute Gasteiger partial charge is 0.353 e. The van der Waals surface area contributed by atoms with E-state index in [1.807, 2.05) is 0 Å². The molecular weight excluding hydrogens is 251 g/mol. The highest BCUT2D eigenvalue weighted by molar-refractivity contribution is 7.15. The highest BCUT2D eigenvalue weighted by atomic mass is 35.5. The zero-order valence-corrected chi connectivity index (χ0v) is 9.01. The summed E-state index contributed by atoms with van der Waals surface area (Å²) in [6.07, 6.45) is -2.70. The fourth-order valence-corrected chi connectivity index (χ4v) is 2.12. The second kappa shape index (κ2) is 3.48. The first-order valence-electron chi connectivity index (χ1n) is 4.20. The van der Waals surface area contributed by atoms with Gasteiger partial charge in [0.05, 0.1) is 5.54 Å². The van der Waals surface area contributed by atoms with Crippen molar-refractivity contribution in [3.63, 3.8) is 0 Å². The van der Waals surface area contributed by atoms with Crippen molar-refractivity contribution in [3.05, 3.63) is 5.01 Å². The summed E-state index contributed by atoms with van der Waals surface area (Å²) in [5.74, 6) is 0.369. The van der Waals surface area contributed by atoms with Crippen LogP contribution in [0.4, 0.5) is 18.3 Å². The zero-order chi connectivity index (χ0) is 11.1. The van der Waals surface area contributed by atoms with Gasteiger partial charge in [0.15, 0.2) is 0 Å². The van der Waals surface area contributed by atoms with E-state index in [0.717, 1.165) is 12.8 Å². The molecule has 1 aromatic rings. The number of hydrogen-bond acceptors (Lipinski definition) is 4. The lowest BCUT2D eigenvalue weighted by Gasteiger charge is -2.11. The number of nitrogens with one attached hydrogen (secondary N) is 1. The number of anilines is 1. The molecule has 0 atom stereocenters. The summed E-state index contributed by atoms with van der Waals surface area (Å²) in [5, 5.41) is 8.64. The van der Waals surface area contributed by atoms with Gasteiger partial charge in [-0.1, -0.05) is 11.3 Å². The predicted octanol–water partition coefficient (Wildman–Crippen LogP) is 2.74. The Morgan fingerprint density at radius 1 is 1.40 bits per heavy atom. The number of rotatable bonds is 3. The molecule has 3 nitrogen and oxygen atoms in total. The molecule has 0 bridgehead atoms. The predicted molar refractivity (Wildman–Crippen MR) is 51.2 cm³/mol. The second-order valence-electron chi connectivity index (χ2n) is 3.45. The van der Waals surface area contributed by atoms with E-state index in [1.165, 1.54) is 0 Å². The third-order valence-electron chi connectivity index (χ3n) is 2.15. The number of alkyl halides is 4. The van der Waals surface area contributed by atoms with Crippen LogP contribution in [0.2, 0.25) is 0 Å². The lowest BCUT2D eigenvalue weighted by Crippen LogP contribution is -2.22. The van der Waals surface area contributed by atoms with Gasteiger partial charge in [0.25, 0.3) is 0 Å². The molecule has 0 aliphatic heterocycles.